The summed E-state index contributed by atoms with van der Waals surface area (Å²) in [6.45, 7) is 2.00. The van der Waals surface area contributed by atoms with Crippen molar-refractivity contribution in [3.63, 3.8) is 0 Å². The first-order valence-electron chi connectivity index (χ1n) is 17.5. The largest absolute Gasteiger partial charge is 0.508 e. The van der Waals surface area contributed by atoms with Crippen molar-refractivity contribution in [3.8, 4) is 5.75 Å². The SMILES string of the molecule is CNC(=O)C(Cc1ccc2ccccc2c1)N1CCN(C(=O)C(Cc2ccc(F)cc2)NC(=O)C(Cc2ccc(O)cc2)NC(C)=O)C(CCO)C1. The molecule has 4 unspecified atom stereocenters. The van der Waals surface area contributed by atoms with Crippen molar-refractivity contribution >= 4 is 34.4 Å². The summed E-state index contributed by atoms with van der Waals surface area (Å²) in [4.78, 5) is 57.4. The number of halogens is 1. The first-order chi connectivity index (χ1) is 25.0. The second kappa shape index (κ2) is 17.7. The number of benzene rings is 4. The van der Waals surface area contributed by atoms with Gasteiger partial charge in [-0.15, -0.1) is 0 Å². The second-order valence-corrected chi connectivity index (χ2v) is 13.2. The van der Waals surface area contributed by atoms with Gasteiger partial charge in [-0.1, -0.05) is 66.7 Å². The Morgan fingerprint density at radius 2 is 1.42 bits per heavy atom. The van der Waals surface area contributed by atoms with Crippen LogP contribution in [0, 0.1) is 5.82 Å². The Labute approximate surface area is 302 Å². The number of aliphatic hydroxyl groups is 1. The van der Waals surface area contributed by atoms with Gasteiger partial charge in [0.1, 0.15) is 23.7 Å². The zero-order chi connectivity index (χ0) is 37.2. The molecule has 1 fully saturated rings. The second-order valence-electron chi connectivity index (χ2n) is 13.2. The fourth-order valence-electron chi connectivity index (χ4n) is 6.84. The van der Waals surface area contributed by atoms with Crippen LogP contribution in [0.15, 0.2) is 91.0 Å². The fourth-order valence-corrected chi connectivity index (χ4v) is 6.84. The number of carbonyl (C=O) groups excluding carboxylic acids is 4. The highest BCUT2D eigenvalue weighted by Crippen LogP contribution is 2.23. The Morgan fingerprint density at radius 1 is 0.788 bits per heavy atom. The molecule has 5 N–H and O–H groups in total. The lowest BCUT2D eigenvalue weighted by atomic mass is 9.97. The molecular weight excluding hydrogens is 665 g/mol. The maximum absolute atomic E-state index is 14.5. The van der Waals surface area contributed by atoms with Gasteiger partial charge in [0, 0.05) is 59.1 Å². The predicted molar refractivity (Wildman–Crippen MR) is 196 cm³/mol. The number of fused-ring (bicyclic) bond motifs is 1. The van der Waals surface area contributed by atoms with Gasteiger partial charge in [0.15, 0.2) is 0 Å². The first-order valence-corrected chi connectivity index (χ1v) is 17.5. The Morgan fingerprint density at radius 3 is 2.08 bits per heavy atom. The average Bonchev–Trinajstić information content (AvgIpc) is 3.14. The number of aliphatic hydroxyl groups excluding tert-OH is 1. The van der Waals surface area contributed by atoms with Gasteiger partial charge in [-0.25, -0.2) is 4.39 Å². The number of carbonyl (C=O) groups is 4. The normalized spacial score (nSPS) is 16.5. The molecule has 0 aromatic heterocycles. The highest BCUT2D eigenvalue weighted by molar-refractivity contribution is 5.92. The van der Waals surface area contributed by atoms with E-state index in [4.69, 9.17) is 0 Å². The minimum Gasteiger partial charge on any atom is -0.508 e. The van der Waals surface area contributed by atoms with E-state index in [0.29, 0.717) is 30.6 Å². The van der Waals surface area contributed by atoms with Crippen LogP contribution in [-0.2, 0) is 38.4 Å². The van der Waals surface area contributed by atoms with Gasteiger partial charge in [0.05, 0.1) is 6.04 Å². The monoisotopic (exact) mass is 711 g/mol. The van der Waals surface area contributed by atoms with Crippen LogP contribution in [0.2, 0.25) is 0 Å². The summed E-state index contributed by atoms with van der Waals surface area (Å²) < 4.78 is 13.8. The van der Waals surface area contributed by atoms with Crippen molar-refractivity contribution in [2.75, 3.05) is 33.3 Å². The zero-order valence-corrected chi connectivity index (χ0v) is 29.4. The molecule has 4 aromatic carbocycles. The minimum absolute atomic E-state index is 0.0474. The molecule has 1 aliphatic heterocycles. The molecule has 274 valence electrons. The van der Waals surface area contributed by atoms with Gasteiger partial charge >= 0.3 is 0 Å². The van der Waals surface area contributed by atoms with Crippen molar-refractivity contribution in [2.45, 2.75) is 56.8 Å². The third-order valence-corrected chi connectivity index (χ3v) is 9.53. The zero-order valence-electron chi connectivity index (χ0n) is 29.4. The average molecular weight is 712 g/mol. The molecule has 5 rings (SSSR count). The molecule has 1 aliphatic rings. The molecule has 0 saturated carbocycles. The number of nitrogens with zero attached hydrogens (tertiary/aromatic N) is 2. The number of nitrogens with one attached hydrogen (secondary N) is 3. The van der Waals surface area contributed by atoms with Crippen LogP contribution in [-0.4, -0.2) is 101 Å². The van der Waals surface area contributed by atoms with Crippen LogP contribution in [0.4, 0.5) is 4.39 Å². The standard InChI is InChI=1S/C40H46FN5O6/c1-26(48)43-35(22-28-10-15-34(49)16-11-28)38(50)44-36(23-27-8-13-32(41)14-9-27)40(52)46-19-18-45(25-33(46)17-20-47)37(39(51)42-2)24-29-7-12-30-5-3-4-6-31(30)21-29/h3-16,21,33,35-37,47,49H,17-20,22-25H2,1-2H3,(H,42,51)(H,43,48)(H,44,50). The molecular formula is C40H46FN5O6. The summed E-state index contributed by atoms with van der Waals surface area (Å²) in [6, 6.07) is 22.9. The number of hydrogen-bond donors (Lipinski definition) is 5. The number of hydrogen-bond acceptors (Lipinski definition) is 7. The van der Waals surface area contributed by atoms with Crippen molar-refractivity contribution in [1.82, 2.24) is 25.8 Å². The lowest BCUT2D eigenvalue weighted by Crippen LogP contribution is -2.64. The third-order valence-electron chi connectivity index (χ3n) is 9.53. The van der Waals surface area contributed by atoms with Crippen LogP contribution in [0.3, 0.4) is 0 Å². The molecule has 0 spiro atoms. The predicted octanol–water partition coefficient (Wildman–Crippen LogP) is 2.71. The molecule has 11 nitrogen and oxygen atoms in total. The van der Waals surface area contributed by atoms with Crippen molar-refractivity contribution in [1.29, 1.82) is 0 Å². The van der Waals surface area contributed by atoms with E-state index in [1.165, 1.54) is 31.2 Å². The van der Waals surface area contributed by atoms with Gasteiger partial charge in [-0.3, -0.25) is 24.1 Å². The maximum atomic E-state index is 14.5. The van der Waals surface area contributed by atoms with Gasteiger partial charge in [-0.2, -0.15) is 0 Å². The van der Waals surface area contributed by atoms with Gasteiger partial charge in [0.2, 0.25) is 23.6 Å². The maximum Gasteiger partial charge on any atom is 0.245 e. The summed E-state index contributed by atoms with van der Waals surface area (Å²) in [6.07, 6.45) is 0.836. The van der Waals surface area contributed by atoms with Crippen LogP contribution in [0.1, 0.15) is 30.0 Å². The lowest BCUT2D eigenvalue weighted by molar-refractivity contribution is -0.143. The van der Waals surface area contributed by atoms with E-state index in [2.05, 4.69) is 22.0 Å². The van der Waals surface area contributed by atoms with Crippen LogP contribution < -0.4 is 16.0 Å². The highest BCUT2D eigenvalue weighted by atomic mass is 19.1. The Hall–Kier alpha value is -5.33. The highest BCUT2D eigenvalue weighted by Gasteiger charge is 2.38. The van der Waals surface area contributed by atoms with Crippen molar-refractivity contribution < 1.29 is 33.8 Å². The van der Waals surface area contributed by atoms with E-state index in [1.807, 2.05) is 41.3 Å². The first kappa shape index (κ1) is 37.9. The van der Waals surface area contributed by atoms with E-state index in [1.54, 1.807) is 36.2 Å². The molecule has 52 heavy (non-hydrogen) atoms. The summed E-state index contributed by atoms with van der Waals surface area (Å²) in [5.74, 6) is -1.96. The molecule has 4 aromatic rings. The quantitative estimate of drug-likeness (QED) is 0.135. The topological polar surface area (TPSA) is 151 Å². The molecule has 12 heteroatoms. The summed E-state index contributed by atoms with van der Waals surface area (Å²) in [5, 5.41) is 30.3. The van der Waals surface area contributed by atoms with E-state index < -0.39 is 47.7 Å². The van der Waals surface area contributed by atoms with Crippen LogP contribution in [0.5, 0.6) is 5.75 Å². The van der Waals surface area contributed by atoms with E-state index in [-0.39, 0.29) is 44.1 Å². The number of likely N-dealkylation sites (N-methyl/N-ethyl adjacent to an activating group) is 1. The van der Waals surface area contributed by atoms with E-state index in [9.17, 15) is 33.8 Å². The summed E-state index contributed by atoms with van der Waals surface area (Å²) in [7, 11) is 1.60. The molecule has 0 radical (unpaired) electrons. The number of rotatable bonds is 14. The van der Waals surface area contributed by atoms with Crippen molar-refractivity contribution in [3.05, 3.63) is 114 Å². The fraction of sp³-hybridized carbons (Fsp3) is 0.350. The molecule has 4 amide bonds. The van der Waals surface area contributed by atoms with E-state index in [0.717, 1.165) is 16.3 Å². The number of phenolic OH excluding ortho intramolecular Hbond substituents is 1. The molecule has 0 aliphatic carbocycles. The molecule has 1 heterocycles. The van der Waals surface area contributed by atoms with Gasteiger partial charge in [-0.05, 0) is 64.6 Å². The smallest absolute Gasteiger partial charge is 0.245 e. The van der Waals surface area contributed by atoms with Crippen LogP contribution >= 0.6 is 0 Å². The molecule has 1 saturated heterocycles. The Balaban J connectivity index is 1.37. The molecule has 0 bridgehead atoms. The number of piperazine rings is 1. The number of phenols is 1. The summed E-state index contributed by atoms with van der Waals surface area (Å²) in [5.41, 5.74) is 2.29. The Kier molecular flexibility index (Phi) is 12.9. The number of aromatic hydroxyl groups is 1. The molecule has 4 atom stereocenters. The van der Waals surface area contributed by atoms with Gasteiger partial charge < -0.3 is 31.1 Å². The third kappa shape index (κ3) is 9.92. The lowest BCUT2D eigenvalue weighted by Gasteiger charge is -2.45. The summed E-state index contributed by atoms with van der Waals surface area (Å²) >= 11 is 0. The minimum atomic E-state index is -1.09. The number of amides is 4. The van der Waals surface area contributed by atoms with Crippen molar-refractivity contribution in [2.24, 2.45) is 0 Å². The van der Waals surface area contributed by atoms with Gasteiger partial charge in [0.25, 0.3) is 0 Å². The van der Waals surface area contributed by atoms with E-state index >= 15 is 0 Å². The van der Waals surface area contributed by atoms with Crippen LogP contribution in [0.25, 0.3) is 10.8 Å². The Bertz CT molecular complexity index is 1850.